The van der Waals surface area contributed by atoms with Gasteiger partial charge in [-0.3, -0.25) is 43.3 Å². The van der Waals surface area contributed by atoms with Gasteiger partial charge in [0.2, 0.25) is 17.5 Å². The topological polar surface area (TPSA) is 324 Å². The van der Waals surface area contributed by atoms with Crippen LogP contribution < -0.4 is 52.8 Å². The van der Waals surface area contributed by atoms with Gasteiger partial charge in [-0.05, 0) is 140 Å². The molecule has 630 valence electrons. The number of hydrazone groups is 3. The molecule has 0 spiro atoms. The van der Waals surface area contributed by atoms with Crippen molar-refractivity contribution < 1.29 is 52.8 Å². The van der Waals surface area contributed by atoms with Crippen molar-refractivity contribution in [1.82, 2.24) is 10.3 Å². The lowest BCUT2D eigenvalue weighted by atomic mass is 10.1. The minimum atomic E-state index is -0.430. The van der Waals surface area contributed by atoms with Gasteiger partial charge in [0, 0.05) is 70.5 Å². The van der Waals surface area contributed by atoms with Crippen LogP contribution in [-0.2, 0) is 33.6 Å². The first-order valence-electron chi connectivity index (χ1n) is 37.8. The third-order valence-corrected chi connectivity index (χ3v) is 16.8. The Bertz CT molecular complexity index is 5760. The SMILES string of the molecule is C.CC(=O)NC1=NN(c2ccccc2)C(=O)C1.CC1=NN(c2ccccc2)C(=O)C1.COc1ccccc1C.Cc1ccccc1Cl.NC#CC(=O)c1ccccc1.NC#CC(=O)c1ccccn1.O=C(C#CONc1ccccc1)Nc1ccccc1.O=C(C#CONc1ccccc1Cl)c1ccccc1.O=C1CC(c2ccccc2)=NN1c1ccccc1. The second-order valence-electron chi connectivity index (χ2n) is 25.3. The molecule has 3 aliphatic heterocycles. The number of aromatic nitrogens is 1. The number of amides is 5. The predicted molar refractivity (Wildman–Crippen MR) is 496 cm³/mol. The fourth-order valence-electron chi connectivity index (χ4n) is 10.2. The maximum absolute atomic E-state index is 12.0. The summed E-state index contributed by atoms with van der Waals surface area (Å²) in [5.74, 6) is 8.84. The summed E-state index contributed by atoms with van der Waals surface area (Å²) < 4.78 is 5.04. The minimum absolute atomic E-state index is 0. The number of carbonyl (C=O) groups is 8. The molecule has 0 saturated carbocycles. The number of halogens is 2. The van der Waals surface area contributed by atoms with Crippen molar-refractivity contribution in [2.24, 2.45) is 26.8 Å². The van der Waals surface area contributed by atoms with E-state index < -0.39 is 5.91 Å². The average molecular weight is 1710 g/mol. The highest BCUT2D eigenvalue weighted by atomic mass is 35.5. The van der Waals surface area contributed by atoms with E-state index in [9.17, 15) is 38.4 Å². The number of methoxy groups -OCH3 is 1. The highest BCUT2D eigenvalue weighted by molar-refractivity contribution is 6.33. The second-order valence-corrected chi connectivity index (χ2v) is 26.2. The quantitative estimate of drug-likeness (QED) is 0.0270. The van der Waals surface area contributed by atoms with Crippen molar-refractivity contribution in [1.29, 1.82) is 0 Å². The summed E-state index contributed by atoms with van der Waals surface area (Å²) in [5.41, 5.74) is 25.7. The maximum Gasteiger partial charge on any atom is 0.303 e. The van der Waals surface area contributed by atoms with Crippen LogP contribution in [0, 0.1) is 61.8 Å². The van der Waals surface area contributed by atoms with E-state index in [1.54, 1.807) is 122 Å². The third-order valence-electron chi connectivity index (χ3n) is 16.1. The van der Waals surface area contributed by atoms with Crippen LogP contribution in [0.25, 0.3) is 0 Å². The fraction of sp³-hybridized carbons (Fsp3) is 0.0909. The zero-order chi connectivity index (χ0) is 88.9. The van der Waals surface area contributed by atoms with Crippen molar-refractivity contribution in [2.75, 3.05) is 38.4 Å². The van der Waals surface area contributed by atoms with Crippen LogP contribution in [0.4, 0.5) is 34.1 Å². The average Bonchev–Trinajstić information content (AvgIpc) is 1.72. The molecule has 4 heterocycles. The van der Waals surface area contributed by atoms with E-state index in [0.29, 0.717) is 57.6 Å². The van der Waals surface area contributed by atoms with Gasteiger partial charge in [-0.2, -0.15) is 20.3 Å². The number of carbonyl (C=O) groups excluding carboxylic acids is 8. The number of para-hydroxylation sites is 7. The van der Waals surface area contributed by atoms with E-state index in [2.05, 4.69) is 83.8 Å². The van der Waals surface area contributed by atoms with Gasteiger partial charge in [-0.25, -0.2) is 21.0 Å². The van der Waals surface area contributed by atoms with Gasteiger partial charge in [0.1, 0.15) is 17.3 Å². The Morgan fingerprint density at radius 2 is 0.824 bits per heavy atom. The Morgan fingerprint density at radius 1 is 0.408 bits per heavy atom. The fourth-order valence-corrected chi connectivity index (χ4v) is 10.5. The summed E-state index contributed by atoms with van der Waals surface area (Å²) in [7, 11) is 1.68. The number of nitrogens with one attached hydrogen (secondary N) is 4. The molecule has 8 N–H and O–H groups in total. The number of nitrogens with zero attached hydrogens (tertiary/aromatic N) is 7. The minimum Gasteiger partial charge on any atom is -0.496 e. The van der Waals surface area contributed by atoms with Crippen LogP contribution in [-0.4, -0.2) is 76.2 Å². The number of amidine groups is 1. The number of pyridine rings is 1. The lowest BCUT2D eigenvalue weighted by Gasteiger charge is -2.10. The maximum atomic E-state index is 12.0. The molecule has 15 rings (SSSR count). The first-order chi connectivity index (χ1) is 60.2. The van der Waals surface area contributed by atoms with Gasteiger partial charge in [0.05, 0.1) is 65.5 Å². The molecular formula is C99H89Cl2N13O11. The second kappa shape index (κ2) is 55.2. The number of nitrogens with two attached hydrogens (primary N) is 2. The Labute approximate surface area is 736 Å². The van der Waals surface area contributed by atoms with Gasteiger partial charge in [0.25, 0.3) is 23.5 Å². The Kier molecular flexibility index (Phi) is 42.9. The number of hydrogen-bond donors (Lipinski definition) is 6. The highest BCUT2D eigenvalue weighted by Gasteiger charge is 2.27. The molecule has 0 unspecified atom stereocenters. The summed E-state index contributed by atoms with van der Waals surface area (Å²) in [4.78, 5) is 104. The van der Waals surface area contributed by atoms with Gasteiger partial charge in [-0.1, -0.05) is 267 Å². The summed E-state index contributed by atoms with van der Waals surface area (Å²) in [6.07, 6.45) is 7.04. The summed E-state index contributed by atoms with van der Waals surface area (Å²) >= 11 is 11.6. The molecule has 0 atom stereocenters. The Hall–Kier alpha value is -16.6. The number of Topliss-reactive ketones (excluding diaryl/α,β-unsaturated/α-hetero) is 3. The summed E-state index contributed by atoms with van der Waals surface area (Å²) in [6.45, 7) is 7.26. The zero-order valence-electron chi connectivity index (χ0n) is 68.0. The first-order valence-corrected chi connectivity index (χ1v) is 38.5. The van der Waals surface area contributed by atoms with Crippen molar-refractivity contribution in [3.8, 4) is 53.7 Å². The normalized spacial score (nSPS) is 11.1. The standard InChI is InChI=1S/C15H10ClNO2.C15H12N2O2.C15H12N2O.C11H11N3O2.C10H10N2O.C9H7NO.C8H6N2O.C8H10O.C7H7Cl.CH4/c16-13-8-4-5-9-14(13)17-19-11-10-15(18)12-6-2-1-3-7-12;18-15(16-13-7-3-1-4-8-13)11-12-19-17-14-9-5-2-6-10-14;18-15-11-14(12-7-3-1-4-8-12)16-17(15)13-9-5-2-6-10-13;1-8(15)12-10-7-11(16)14(13-10)9-5-3-2-4-6-9;1-8-7-10(13)12(11-8)9-5-3-2-4-6-9;10-7-6-9(11)8-4-2-1-3-5-8;9-5-4-8(11)7-3-1-2-6-10-7;1-7-5-3-4-6-8(7)9-2;1-6-4-2-3-5-7(6)8;/h1-9,17H;1-10,17H,(H,16,18);1-10H,11H2;2-6H,7H2,1H3,(H,12,13,15);2-6H,7H2,1H3;1-5H,10H2;1-3,6H,9H2;3-6H,1-2H3;2-5H,1H3;1H4. The Morgan fingerprint density at radius 3 is 1.29 bits per heavy atom. The molecule has 12 aromatic rings. The van der Waals surface area contributed by atoms with E-state index in [0.717, 1.165) is 50.4 Å². The van der Waals surface area contributed by atoms with Gasteiger partial charge < -0.3 is 36.5 Å². The molecular weight excluding hydrogens is 1620 g/mol. The number of benzene rings is 11. The molecule has 0 bridgehead atoms. The molecule has 125 heavy (non-hydrogen) atoms. The third kappa shape index (κ3) is 35.8. The van der Waals surface area contributed by atoms with E-state index in [4.69, 9.17) is 49.1 Å². The molecule has 3 aliphatic rings. The van der Waals surface area contributed by atoms with Crippen LogP contribution >= 0.6 is 23.2 Å². The molecule has 5 amide bonds. The van der Waals surface area contributed by atoms with E-state index in [1.165, 1.54) is 33.7 Å². The van der Waals surface area contributed by atoms with Crippen molar-refractivity contribution in [3.05, 3.63) is 383 Å². The monoisotopic (exact) mass is 1710 g/mol. The molecule has 24 nitrogen and oxygen atoms in total. The summed E-state index contributed by atoms with van der Waals surface area (Å²) in [5, 5.41) is 23.3. The van der Waals surface area contributed by atoms with Crippen LogP contribution in [0.5, 0.6) is 5.75 Å². The first kappa shape index (κ1) is 97.2. The van der Waals surface area contributed by atoms with E-state index in [-0.39, 0.29) is 54.8 Å². The lowest BCUT2D eigenvalue weighted by molar-refractivity contribution is -0.118. The molecule has 1 aromatic heterocycles. The molecule has 0 radical (unpaired) electrons. The number of anilines is 6. The van der Waals surface area contributed by atoms with E-state index >= 15 is 0 Å². The highest BCUT2D eigenvalue weighted by Crippen LogP contribution is 2.25. The van der Waals surface area contributed by atoms with E-state index in [1.807, 2.05) is 245 Å². The zero-order valence-corrected chi connectivity index (χ0v) is 69.5. The van der Waals surface area contributed by atoms with Crippen LogP contribution in [0.15, 0.2) is 355 Å². The van der Waals surface area contributed by atoms with Crippen LogP contribution in [0.1, 0.15) is 88.4 Å². The molecule has 0 aliphatic carbocycles. The lowest BCUT2D eigenvalue weighted by Crippen LogP contribution is -2.27. The van der Waals surface area contributed by atoms with Gasteiger partial charge in [-0.15, -0.1) is 0 Å². The van der Waals surface area contributed by atoms with Gasteiger partial charge in [0.15, 0.2) is 12.2 Å². The van der Waals surface area contributed by atoms with Crippen LogP contribution in [0.3, 0.4) is 0 Å². The smallest absolute Gasteiger partial charge is 0.303 e. The number of ketones is 3. The van der Waals surface area contributed by atoms with Crippen molar-refractivity contribution in [2.45, 2.75) is 54.4 Å². The van der Waals surface area contributed by atoms with Crippen molar-refractivity contribution in [3.63, 3.8) is 0 Å². The Balaban J connectivity index is 0.000000220. The molecule has 0 fully saturated rings. The van der Waals surface area contributed by atoms with Crippen molar-refractivity contribution >= 4 is 121 Å². The summed E-state index contributed by atoms with van der Waals surface area (Å²) in [6, 6.07) is 106. The molecule has 26 heteroatoms. The predicted octanol–water partition coefficient (Wildman–Crippen LogP) is 17.9. The molecule has 0 saturated heterocycles. The van der Waals surface area contributed by atoms with Gasteiger partial charge >= 0.3 is 5.91 Å². The number of rotatable bonds is 13. The number of hydrogen-bond acceptors (Lipinski definition) is 19. The number of aryl methyl sites for hydroxylation is 2. The van der Waals surface area contributed by atoms with Crippen LogP contribution in [0.2, 0.25) is 10.0 Å². The largest absolute Gasteiger partial charge is 0.496 e. The molecule has 11 aromatic carbocycles. The number of ether oxygens (including phenoxy) is 1.